The number of aromatic nitrogens is 1. The summed E-state index contributed by atoms with van der Waals surface area (Å²) in [6.07, 6.45) is 1.87. The quantitative estimate of drug-likeness (QED) is 0.208. The molecular weight excluding hydrogens is 559 g/mol. The number of allylic oxidation sites excluding steroid dienone is 1. The zero-order valence-corrected chi connectivity index (χ0v) is 25.5. The van der Waals surface area contributed by atoms with Crippen LogP contribution in [0.1, 0.15) is 61.1 Å². The molecule has 0 N–H and O–H groups in total. The number of likely N-dealkylation sites (tertiary alicyclic amines) is 1. The standard InChI is InChI=1S/C31H35FN4O5S/c1-20-7-9-24(10-8-20)42(39,40)36-27-17-26(32)25(21-11-13-35(14-12-21)30(38)41-31(2,3)4)15-22(27)16-28(36)29(37)23(18-33)19-34(5)6/h7-10,15-17,19,21H,11-14H2,1-6H3. The van der Waals surface area contributed by atoms with Crippen LogP contribution in [0.25, 0.3) is 10.9 Å². The molecular formula is C31H35FN4O5S. The van der Waals surface area contributed by atoms with Gasteiger partial charge >= 0.3 is 6.09 Å². The molecule has 1 amide bonds. The topological polar surface area (TPSA) is 113 Å². The molecule has 1 aromatic heterocycles. The number of carbonyl (C=O) groups is 2. The Kier molecular flexibility index (Phi) is 8.51. The Morgan fingerprint density at radius 1 is 1.10 bits per heavy atom. The van der Waals surface area contributed by atoms with Gasteiger partial charge in [-0.2, -0.15) is 5.26 Å². The largest absolute Gasteiger partial charge is 0.444 e. The van der Waals surface area contributed by atoms with Gasteiger partial charge in [-0.05, 0) is 82.3 Å². The summed E-state index contributed by atoms with van der Waals surface area (Å²) in [5.41, 5.74) is 0.0547. The summed E-state index contributed by atoms with van der Waals surface area (Å²) in [5, 5.41) is 10.0. The summed E-state index contributed by atoms with van der Waals surface area (Å²) in [6, 6.07) is 12.1. The predicted molar refractivity (Wildman–Crippen MR) is 157 cm³/mol. The number of Topliss-reactive ketones (excluding diaryl/α,β-unsaturated/α-hetero) is 1. The third-order valence-electron chi connectivity index (χ3n) is 7.01. The number of nitriles is 1. The van der Waals surface area contributed by atoms with E-state index in [2.05, 4.69) is 0 Å². The summed E-state index contributed by atoms with van der Waals surface area (Å²) in [6.45, 7) is 7.96. The zero-order chi connectivity index (χ0) is 31.0. The number of benzene rings is 2. The highest BCUT2D eigenvalue weighted by molar-refractivity contribution is 7.90. The molecule has 2 aromatic carbocycles. The van der Waals surface area contributed by atoms with Gasteiger partial charge in [0.05, 0.1) is 10.4 Å². The summed E-state index contributed by atoms with van der Waals surface area (Å²) >= 11 is 0. The van der Waals surface area contributed by atoms with Gasteiger partial charge in [0.2, 0.25) is 5.78 Å². The van der Waals surface area contributed by atoms with Crippen molar-refractivity contribution in [3.63, 3.8) is 0 Å². The maximum atomic E-state index is 15.7. The highest BCUT2D eigenvalue weighted by Crippen LogP contribution is 2.35. The lowest BCUT2D eigenvalue weighted by molar-refractivity contribution is 0.0204. The van der Waals surface area contributed by atoms with E-state index in [-0.39, 0.29) is 27.6 Å². The molecule has 1 fully saturated rings. The van der Waals surface area contributed by atoms with Gasteiger partial charge in [0, 0.05) is 38.8 Å². The number of ether oxygens (including phenoxy) is 1. The molecule has 0 bridgehead atoms. The molecule has 0 aliphatic carbocycles. The average molecular weight is 595 g/mol. The Morgan fingerprint density at radius 3 is 2.26 bits per heavy atom. The summed E-state index contributed by atoms with van der Waals surface area (Å²) in [7, 11) is -1.07. The van der Waals surface area contributed by atoms with E-state index in [0.29, 0.717) is 36.9 Å². The van der Waals surface area contributed by atoms with Gasteiger partial charge < -0.3 is 14.5 Å². The average Bonchev–Trinajstić information content (AvgIpc) is 3.29. The van der Waals surface area contributed by atoms with Crippen LogP contribution in [-0.2, 0) is 14.8 Å². The van der Waals surface area contributed by atoms with Crippen molar-refractivity contribution in [2.75, 3.05) is 27.2 Å². The predicted octanol–water partition coefficient (Wildman–Crippen LogP) is 5.59. The molecule has 1 saturated heterocycles. The molecule has 11 heteroatoms. The minimum atomic E-state index is -4.35. The van der Waals surface area contributed by atoms with Crippen molar-refractivity contribution >= 4 is 32.8 Å². The van der Waals surface area contributed by atoms with E-state index >= 15 is 4.39 Å². The summed E-state index contributed by atoms with van der Waals surface area (Å²) in [5.74, 6) is -1.64. The van der Waals surface area contributed by atoms with Crippen LogP contribution in [0.3, 0.4) is 0 Å². The van der Waals surface area contributed by atoms with E-state index in [9.17, 15) is 23.3 Å². The normalized spacial score (nSPS) is 15.0. The van der Waals surface area contributed by atoms with Crippen molar-refractivity contribution in [3.05, 3.63) is 76.9 Å². The number of carbonyl (C=O) groups excluding carboxylic acids is 2. The maximum Gasteiger partial charge on any atom is 0.410 e. The van der Waals surface area contributed by atoms with Crippen LogP contribution in [-0.4, -0.2) is 66.9 Å². The zero-order valence-electron chi connectivity index (χ0n) is 24.6. The van der Waals surface area contributed by atoms with Crippen LogP contribution in [0, 0.1) is 24.1 Å². The Balaban J connectivity index is 1.80. The van der Waals surface area contributed by atoms with E-state index in [0.717, 1.165) is 15.6 Å². The van der Waals surface area contributed by atoms with E-state index < -0.39 is 33.3 Å². The smallest absolute Gasteiger partial charge is 0.410 e. The van der Waals surface area contributed by atoms with Gasteiger partial charge in [-0.25, -0.2) is 21.6 Å². The fourth-order valence-corrected chi connectivity index (χ4v) is 6.51. The third-order valence-corrected chi connectivity index (χ3v) is 8.75. The van der Waals surface area contributed by atoms with Gasteiger partial charge in [0.25, 0.3) is 10.0 Å². The number of piperidine rings is 1. The molecule has 0 unspecified atom stereocenters. The summed E-state index contributed by atoms with van der Waals surface area (Å²) in [4.78, 5) is 29.1. The van der Waals surface area contributed by atoms with Crippen LogP contribution < -0.4 is 0 Å². The molecule has 0 atom stereocenters. The third kappa shape index (κ3) is 6.34. The molecule has 0 radical (unpaired) electrons. The lowest BCUT2D eigenvalue weighted by atomic mass is 9.88. The number of hydrogen-bond acceptors (Lipinski definition) is 7. The number of amides is 1. The lowest BCUT2D eigenvalue weighted by Crippen LogP contribution is -2.41. The van der Waals surface area contributed by atoms with E-state index in [1.807, 2.05) is 13.0 Å². The van der Waals surface area contributed by atoms with Crippen molar-refractivity contribution < 1.29 is 27.1 Å². The second-order valence-electron chi connectivity index (χ2n) is 11.7. The van der Waals surface area contributed by atoms with Crippen molar-refractivity contribution in [3.8, 4) is 6.07 Å². The first kappa shape index (κ1) is 30.8. The van der Waals surface area contributed by atoms with Crippen LogP contribution in [0.4, 0.5) is 9.18 Å². The number of halogens is 1. The Morgan fingerprint density at radius 2 is 1.71 bits per heavy atom. The van der Waals surface area contributed by atoms with E-state index in [1.54, 1.807) is 58.0 Å². The molecule has 2 heterocycles. The number of fused-ring (bicyclic) bond motifs is 1. The molecule has 0 spiro atoms. The first-order chi connectivity index (χ1) is 19.6. The number of aryl methyl sites for hydroxylation is 1. The highest BCUT2D eigenvalue weighted by Gasteiger charge is 2.32. The van der Waals surface area contributed by atoms with Gasteiger partial charge in [0.15, 0.2) is 0 Å². The minimum Gasteiger partial charge on any atom is -0.444 e. The molecule has 0 saturated carbocycles. The Hall–Kier alpha value is -4.17. The highest BCUT2D eigenvalue weighted by atomic mass is 32.2. The van der Waals surface area contributed by atoms with Crippen molar-refractivity contribution in [1.82, 2.24) is 13.8 Å². The summed E-state index contributed by atoms with van der Waals surface area (Å²) < 4.78 is 49.8. The number of hydrogen-bond donors (Lipinski definition) is 0. The van der Waals surface area contributed by atoms with Crippen LogP contribution >= 0.6 is 0 Å². The number of rotatable bonds is 6. The maximum absolute atomic E-state index is 15.7. The van der Waals surface area contributed by atoms with Gasteiger partial charge in [-0.15, -0.1) is 0 Å². The van der Waals surface area contributed by atoms with E-state index in [4.69, 9.17) is 4.74 Å². The first-order valence-electron chi connectivity index (χ1n) is 13.6. The van der Waals surface area contributed by atoms with Gasteiger partial charge in [-0.1, -0.05) is 17.7 Å². The Labute approximate surface area is 245 Å². The van der Waals surface area contributed by atoms with Crippen LogP contribution in [0.2, 0.25) is 0 Å². The fraction of sp³-hybridized carbons (Fsp3) is 0.387. The second-order valence-corrected chi connectivity index (χ2v) is 13.5. The minimum absolute atomic E-state index is 0.00601. The van der Waals surface area contributed by atoms with Crippen LogP contribution in [0.15, 0.2) is 59.1 Å². The molecule has 1 aliphatic heterocycles. The van der Waals surface area contributed by atoms with E-state index in [1.165, 1.54) is 29.3 Å². The molecule has 1 aliphatic rings. The van der Waals surface area contributed by atoms with Gasteiger partial charge in [0.1, 0.15) is 28.8 Å². The Bertz CT molecular complexity index is 1700. The molecule has 42 heavy (non-hydrogen) atoms. The number of nitrogens with zero attached hydrogens (tertiary/aromatic N) is 4. The number of ketones is 1. The van der Waals surface area contributed by atoms with Crippen molar-refractivity contribution in [1.29, 1.82) is 5.26 Å². The molecule has 4 rings (SSSR count). The fourth-order valence-electron chi connectivity index (χ4n) is 5.00. The second kappa shape index (κ2) is 11.6. The molecule has 9 nitrogen and oxygen atoms in total. The SMILES string of the molecule is Cc1ccc(S(=O)(=O)n2c(C(=O)C(C#N)=CN(C)C)cc3cc(C4CCN(C(=O)OC(C)(C)C)CC4)c(F)cc32)cc1. The lowest BCUT2D eigenvalue weighted by Gasteiger charge is -2.33. The molecule has 222 valence electrons. The van der Waals surface area contributed by atoms with Crippen molar-refractivity contribution in [2.24, 2.45) is 0 Å². The monoisotopic (exact) mass is 594 g/mol. The van der Waals surface area contributed by atoms with Crippen molar-refractivity contribution in [2.45, 2.75) is 57.0 Å². The molecule has 3 aromatic rings. The van der Waals surface area contributed by atoms with Crippen LogP contribution in [0.5, 0.6) is 0 Å². The van der Waals surface area contributed by atoms with Gasteiger partial charge in [-0.3, -0.25) is 4.79 Å². The first-order valence-corrected chi connectivity index (χ1v) is 15.0.